The van der Waals surface area contributed by atoms with E-state index >= 15 is 0 Å². The van der Waals surface area contributed by atoms with Gasteiger partial charge in [0.25, 0.3) is 0 Å². The quantitative estimate of drug-likeness (QED) is 0.200. The molecule has 0 N–H and O–H groups in total. The van der Waals surface area contributed by atoms with Crippen LogP contribution in [0.4, 0.5) is 34.1 Å². The Morgan fingerprint density at radius 1 is 0.439 bits per heavy atom. The van der Waals surface area contributed by atoms with Gasteiger partial charge in [-0.2, -0.15) is 0 Å². The fraction of sp³-hybridized carbons (Fsp3) is 0. The van der Waals surface area contributed by atoms with Gasteiger partial charge in [-0.1, -0.05) is 120 Å². The zero-order valence-electron chi connectivity index (χ0n) is 22.1. The normalized spacial score (nSPS) is 13.6. The second kappa shape index (κ2) is 9.10. The molecule has 6 aromatic carbocycles. The van der Waals surface area contributed by atoms with E-state index in [4.69, 9.17) is 0 Å². The molecule has 0 aromatic heterocycles. The summed E-state index contributed by atoms with van der Waals surface area (Å²) >= 11 is 3.81. The maximum atomic E-state index is 2.57. The van der Waals surface area contributed by atoms with Gasteiger partial charge in [-0.05, 0) is 59.5 Å². The zero-order chi connectivity index (χ0) is 26.9. The lowest BCUT2D eigenvalue weighted by Crippen LogP contribution is -2.58. The maximum Gasteiger partial charge on any atom is 0.246 e. The molecule has 41 heavy (non-hydrogen) atoms. The highest BCUT2D eigenvalue weighted by molar-refractivity contribution is 8.00. The third kappa shape index (κ3) is 3.49. The van der Waals surface area contributed by atoms with Gasteiger partial charge in [-0.25, -0.2) is 0 Å². The van der Waals surface area contributed by atoms with Crippen LogP contribution in [0, 0.1) is 0 Å². The summed E-state index contributed by atoms with van der Waals surface area (Å²) in [5.41, 5.74) is 11.6. The lowest BCUT2D eigenvalue weighted by molar-refractivity contribution is 1.08. The van der Waals surface area contributed by atoms with Gasteiger partial charge in [0.15, 0.2) is 0 Å². The Labute approximate surface area is 248 Å². The molecule has 0 radical (unpaired) electrons. The molecule has 0 saturated heterocycles. The summed E-state index contributed by atoms with van der Waals surface area (Å²) in [4.78, 5) is 10.2. The SMILES string of the molecule is c1ccc(B2c3cccc4c3N3c5c(cc(N(c6ccccc6)c6ccccc6)cc5Sc5cccc2c53)S4)cc1. The average Bonchev–Trinajstić information content (AvgIpc) is 3.03. The Morgan fingerprint density at radius 3 is 1.44 bits per heavy atom. The van der Waals surface area contributed by atoms with Crippen LogP contribution in [0.3, 0.4) is 0 Å². The number of rotatable bonds is 4. The number of nitrogens with zero attached hydrogens (tertiary/aromatic N) is 2. The van der Waals surface area contributed by atoms with Crippen LogP contribution in [-0.4, -0.2) is 6.71 Å². The molecule has 0 spiro atoms. The standard InChI is InChI=1S/C36H23BN2S2/c1-4-12-24(13-5-1)37-28-18-10-20-30-34(28)39-35-29(37)19-11-21-31(35)41-33-23-27(22-32(40-30)36(33)39)38(25-14-6-2-7-15-25)26-16-8-3-9-17-26/h1-23H. The summed E-state index contributed by atoms with van der Waals surface area (Å²) in [6, 6.07) is 50.9. The lowest BCUT2D eigenvalue weighted by atomic mass is 9.35. The molecule has 0 atom stereocenters. The Morgan fingerprint density at radius 2 is 0.927 bits per heavy atom. The molecular weight excluding hydrogens is 535 g/mol. The molecule has 2 nitrogen and oxygen atoms in total. The molecular formula is C36H23BN2S2. The van der Waals surface area contributed by atoms with Crippen LogP contribution < -0.4 is 26.2 Å². The molecule has 3 aliphatic heterocycles. The van der Waals surface area contributed by atoms with E-state index < -0.39 is 0 Å². The summed E-state index contributed by atoms with van der Waals surface area (Å²) < 4.78 is 0. The van der Waals surface area contributed by atoms with E-state index in [0.29, 0.717) is 0 Å². The topological polar surface area (TPSA) is 6.48 Å². The van der Waals surface area contributed by atoms with Crippen molar-refractivity contribution in [2.45, 2.75) is 19.6 Å². The van der Waals surface area contributed by atoms with Crippen LogP contribution in [0.25, 0.3) is 0 Å². The van der Waals surface area contributed by atoms with E-state index in [2.05, 4.69) is 149 Å². The Balaban J connectivity index is 1.29. The Hall–Kier alpha value is -4.32. The summed E-state index contributed by atoms with van der Waals surface area (Å²) in [5.74, 6) is 0. The minimum Gasteiger partial charge on any atom is -0.310 e. The zero-order valence-corrected chi connectivity index (χ0v) is 23.7. The van der Waals surface area contributed by atoms with Gasteiger partial charge >= 0.3 is 0 Å². The molecule has 0 unspecified atom stereocenters. The average molecular weight is 559 g/mol. The van der Waals surface area contributed by atoms with Crippen molar-refractivity contribution in [3.63, 3.8) is 0 Å². The minimum atomic E-state index is 0.215. The van der Waals surface area contributed by atoms with Gasteiger partial charge in [0.2, 0.25) is 6.71 Å². The molecule has 0 amide bonds. The molecule has 192 valence electrons. The van der Waals surface area contributed by atoms with Crippen molar-refractivity contribution in [3.8, 4) is 0 Å². The van der Waals surface area contributed by atoms with Crippen molar-refractivity contribution < 1.29 is 0 Å². The van der Waals surface area contributed by atoms with Crippen molar-refractivity contribution in [2.75, 3.05) is 9.80 Å². The van der Waals surface area contributed by atoms with Crippen molar-refractivity contribution >= 4 is 80.7 Å². The van der Waals surface area contributed by atoms with Crippen LogP contribution in [0.5, 0.6) is 0 Å². The summed E-state index contributed by atoms with van der Waals surface area (Å²) in [6.07, 6.45) is 0. The first-order valence-corrected chi connectivity index (χ1v) is 15.5. The molecule has 5 heteroatoms. The maximum absolute atomic E-state index is 2.57. The van der Waals surface area contributed by atoms with E-state index in [-0.39, 0.29) is 6.71 Å². The largest absolute Gasteiger partial charge is 0.310 e. The van der Waals surface area contributed by atoms with Gasteiger partial charge in [0.05, 0.1) is 17.1 Å². The third-order valence-corrected chi connectivity index (χ3v) is 10.4. The summed E-state index contributed by atoms with van der Waals surface area (Å²) in [6.45, 7) is 0.215. The monoisotopic (exact) mass is 558 g/mol. The first-order chi connectivity index (χ1) is 20.3. The van der Waals surface area contributed by atoms with Gasteiger partial charge in [-0.3, -0.25) is 0 Å². The van der Waals surface area contributed by atoms with Crippen LogP contribution >= 0.6 is 23.5 Å². The van der Waals surface area contributed by atoms with Crippen LogP contribution in [0.2, 0.25) is 0 Å². The number of hydrogen-bond donors (Lipinski definition) is 0. The molecule has 0 fully saturated rings. The molecule has 6 aromatic rings. The second-order valence-corrected chi connectivity index (χ2v) is 12.7. The number of anilines is 6. The van der Waals surface area contributed by atoms with Gasteiger partial charge < -0.3 is 9.80 Å². The molecule has 9 rings (SSSR count). The second-order valence-electron chi connectivity index (χ2n) is 10.6. The van der Waals surface area contributed by atoms with Crippen LogP contribution in [0.1, 0.15) is 0 Å². The van der Waals surface area contributed by atoms with E-state index in [9.17, 15) is 0 Å². The smallest absolute Gasteiger partial charge is 0.246 e. The van der Waals surface area contributed by atoms with Crippen molar-refractivity contribution in [1.29, 1.82) is 0 Å². The minimum absolute atomic E-state index is 0.215. The molecule has 3 heterocycles. The van der Waals surface area contributed by atoms with Gasteiger partial charge in [-0.15, -0.1) is 0 Å². The Bertz CT molecular complexity index is 1840. The predicted molar refractivity (Wildman–Crippen MR) is 175 cm³/mol. The van der Waals surface area contributed by atoms with E-state index in [1.165, 1.54) is 58.7 Å². The first-order valence-electron chi connectivity index (χ1n) is 13.9. The highest BCUT2D eigenvalue weighted by atomic mass is 32.2. The summed E-state index contributed by atoms with van der Waals surface area (Å²) in [5, 5.41) is 0. The molecule has 0 aliphatic carbocycles. The number of para-hydroxylation sites is 4. The van der Waals surface area contributed by atoms with Crippen LogP contribution in [0.15, 0.2) is 159 Å². The number of benzene rings is 6. The molecule has 3 aliphatic rings. The third-order valence-electron chi connectivity index (χ3n) is 8.24. The van der Waals surface area contributed by atoms with E-state index in [0.717, 1.165) is 11.4 Å². The predicted octanol–water partition coefficient (Wildman–Crippen LogP) is 8.39. The number of hydrogen-bond acceptors (Lipinski definition) is 4. The highest BCUT2D eigenvalue weighted by Crippen LogP contribution is 2.61. The highest BCUT2D eigenvalue weighted by Gasteiger charge is 2.43. The van der Waals surface area contributed by atoms with Crippen molar-refractivity contribution in [2.24, 2.45) is 0 Å². The van der Waals surface area contributed by atoms with E-state index in [1.807, 2.05) is 23.5 Å². The van der Waals surface area contributed by atoms with Gasteiger partial charge in [0, 0.05) is 36.6 Å². The first kappa shape index (κ1) is 23.4. The van der Waals surface area contributed by atoms with Crippen molar-refractivity contribution in [1.82, 2.24) is 0 Å². The van der Waals surface area contributed by atoms with Crippen LogP contribution in [-0.2, 0) is 0 Å². The Kier molecular flexibility index (Phi) is 5.19. The lowest BCUT2D eigenvalue weighted by Gasteiger charge is -2.45. The fourth-order valence-electron chi connectivity index (χ4n) is 6.61. The fourth-order valence-corrected chi connectivity index (χ4v) is 9.01. The molecule has 0 bridgehead atoms. The van der Waals surface area contributed by atoms with E-state index in [1.54, 1.807) is 0 Å². The van der Waals surface area contributed by atoms with Gasteiger partial charge in [0.1, 0.15) is 0 Å². The summed E-state index contributed by atoms with van der Waals surface area (Å²) in [7, 11) is 0. The molecule has 0 saturated carbocycles. The van der Waals surface area contributed by atoms with Crippen molar-refractivity contribution in [3.05, 3.63) is 140 Å².